The van der Waals surface area contributed by atoms with E-state index in [0.29, 0.717) is 25.1 Å². The van der Waals surface area contributed by atoms with Gasteiger partial charge in [0, 0.05) is 32.5 Å². The molecule has 0 aliphatic carbocycles. The molecular formula is C14H23N3O2. The van der Waals surface area contributed by atoms with Gasteiger partial charge in [-0.2, -0.15) is 0 Å². The molecular weight excluding hydrogens is 242 g/mol. The molecule has 106 valence electrons. The molecule has 0 atom stereocenters. The average Bonchev–Trinajstić information content (AvgIpc) is 2.44. The van der Waals surface area contributed by atoms with Gasteiger partial charge in [-0.1, -0.05) is 13.8 Å². The molecule has 0 saturated carbocycles. The standard InChI is InChI=1S/C14H23N3O2/c1-5-14(19,6-2)10-16-11-7-8-15-12(9-11)13(18)17(3)4/h7-9,19H,5-6,10H2,1-4H3,(H,15,16). The number of aromatic nitrogens is 1. The summed E-state index contributed by atoms with van der Waals surface area (Å²) in [5.41, 5.74) is 0.474. The molecule has 0 fully saturated rings. The topological polar surface area (TPSA) is 65.5 Å². The van der Waals surface area contributed by atoms with E-state index in [0.717, 1.165) is 5.69 Å². The van der Waals surface area contributed by atoms with Crippen LogP contribution in [0.3, 0.4) is 0 Å². The predicted molar refractivity (Wildman–Crippen MR) is 76.3 cm³/mol. The van der Waals surface area contributed by atoms with E-state index in [1.165, 1.54) is 4.90 Å². The van der Waals surface area contributed by atoms with Gasteiger partial charge in [-0.25, -0.2) is 0 Å². The second-order valence-electron chi connectivity index (χ2n) is 4.91. The lowest BCUT2D eigenvalue weighted by molar-refractivity contribution is 0.0457. The summed E-state index contributed by atoms with van der Waals surface area (Å²) in [5, 5.41) is 13.4. The zero-order valence-electron chi connectivity index (χ0n) is 12.1. The van der Waals surface area contributed by atoms with E-state index in [1.54, 1.807) is 32.4 Å². The van der Waals surface area contributed by atoms with Gasteiger partial charge in [0.15, 0.2) is 0 Å². The number of anilines is 1. The molecule has 2 N–H and O–H groups in total. The van der Waals surface area contributed by atoms with Crippen molar-refractivity contribution >= 4 is 11.6 Å². The van der Waals surface area contributed by atoms with Crippen molar-refractivity contribution < 1.29 is 9.90 Å². The molecule has 19 heavy (non-hydrogen) atoms. The lowest BCUT2D eigenvalue weighted by Gasteiger charge is -2.26. The van der Waals surface area contributed by atoms with Crippen LogP contribution in [0.2, 0.25) is 0 Å². The van der Waals surface area contributed by atoms with Gasteiger partial charge in [0.1, 0.15) is 5.69 Å². The summed E-state index contributed by atoms with van der Waals surface area (Å²) in [6.07, 6.45) is 2.96. The van der Waals surface area contributed by atoms with Crippen LogP contribution in [0.25, 0.3) is 0 Å². The summed E-state index contributed by atoms with van der Waals surface area (Å²) in [7, 11) is 3.38. The molecule has 0 radical (unpaired) electrons. The highest BCUT2D eigenvalue weighted by Crippen LogP contribution is 2.17. The van der Waals surface area contributed by atoms with E-state index in [1.807, 2.05) is 13.8 Å². The van der Waals surface area contributed by atoms with Gasteiger partial charge < -0.3 is 15.3 Å². The number of rotatable bonds is 6. The predicted octanol–water partition coefficient (Wildman–Crippen LogP) is 1.75. The Morgan fingerprint density at radius 1 is 1.42 bits per heavy atom. The highest BCUT2D eigenvalue weighted by Gasteiger charge is 2.21. The van der Waals surface area contributed by atoms with Gasteiger partial charge in [0.05, 0.1) is 5.60 Å². The summed E-state index contributed by atoms with van der Waals surface area (Å²) in [4.78, 5) is 17.3. The maximum absolute atomic E-state index is 11.8. The summed E-state index contributed by atoms with van der Waals surface area (Å²) in [6.45, 7) is 4.37. The van der Waals surface area contributed by atoms with Gasteiger partial charge in [-0.3, -0.25) is 9.78 Å². The van der Waals surface area contributed by atoms with Crippen LogP contribution in [0.1, 0.15) is 37.2 Å². The van der Waals surface area contributed by atoms with E-state index < -0.39 is 5.60 Å². The van der Waals surface area contributed by atoms with Crippen molar-refractivity contribution in [2.24, 2.45) is 0 Å². The van der Waals surface area contributed by atoms with Gasteiger partial charge >= 0.3 is 0 Å². The van der Waals surface area contributed by atoms with Gasteiger partial charge in [0.2, 0.25) is 0 Å². The molecule has 0 bridgehead atoms. The molecule has 1 aromatic heterocycles. The minimum Gasteiger partial charge on any atom is -0.388 e. The van der Waals surface area contributed by atoms with E-state index in [-0.39, 0.29) is 5.91 Å². The number of nitrogens with zero attached hydrogens (tertiary/aromatic N) is 2. The highest BCUT2D eigenvalue weighted by atomic mass is 16.3. The molecule has 0 aromatic carbocycles. The first-order valence-electron chi connectivity index (χ1n) is 6.56. The fourth-order valence-electron chi connectivity index (χ4n) is 1.65. The third-order valence-electron chi connectivity index (χ3n) is 3.32. The molecule has 5 nitrogen and oxygen atoms in total. The van der Waals surface area contributed by atoms with E-state index >= 15 is 0 Å². The van der Waals surface area contributed by atoms with E-state index in [2.05, 4.69) is 10.3 Å². The SMILES string of the molecule is CCC(O)(CC)CNc1ccnc(C(=O)N(C)C)c1. The van der Waals surface area contributed by atoms with Crippen molar-refractivity contribution in [1.82, 2.24) is 9.88 Å². The van der Waals surface area contributed by atoms with Crippen LogP contribution < -0.4 is 5.32 Å². The number of nitrogens with one attached hydrogen (secondary N) is 1. The fraction of sp³-hybridized carbons (Fsp3) is 0.571. The maximum Gasteiger partial charge on any atom is 0.272 e. The number of hydrogen-bond acceptors (Lipinski definition) is 4. The maximum atomic E-state index is 11.8. The van der Waals surface area contributed by atoms with Crippen LogP contribution in [0.15, 0.2) is 18.3 Å². The first-order valence-corrected chi connectivity index (χ1v) is 6.56. The van der Waals surface area contributed by atoms with E-state index in [9.17, 15) is 9.90 Å². The average molecular weight is 265 g/mol. The number of hydrogen-bond donors (Lipinski definition) is 2. The minimum atomic E-state index is -0.713. The molecule has 0 spiro atoms. The van der Waals surface area contributed by atoms with Crippen LogP contribution >= 0.6 is 0 Å². The highest BCUT2D eigenvalue weighted by molar-refractivity contribution is 5.92. The lowest BCUT2D eigenvalue weighted by Crippen LogP contribution is -2.35. The van der Waals surface area contributed by atoms with Crippen LogP contribution in [-0.4, -0.2) is 47.1 Å². The number of carbonyl (C=O) groups excluding carboxylic acids is 1. The zero-order chi connectivity index (χ0) is 14.5. The van der Waals surface area contributed by atoms with Crippen molar-refractivity contribution in [3.05, 3.63) is 24.0 Å². The van der Waals surface area contributed by atoms with Crippen molar-refractivity contribution in [3.63, 3.8) is 0 Å². The molecule has 1 heterocycles. The zero-order valence-corrected chi connectivity index (χ0v) is 12.1. The Labute approximate surface area is 114 Å². The second-order valence-corrected chi connectivity index (χ2v) is 4.91. The molecule has 0 aliphatic heterocycles. The Morgan fingerprint density at radius 3 is 2.58 bits per heavy atom. The molecule has 1 aromatic rings. The van der Waals surface area contributed by atoms with Gasteiger partial charge in [-0.15, -0.1) is 0 Å². The Hall–Kier alpha value is -1.62. The van der Waals surface area contributed by atoms with Crippen LogP contribution in [0.4, 0.5) is 5.69 Å². The Kier molecular flexibility index (Phi) is 5.30. The molecule has 1 amide bonds. The first kappa shape index (κ1) is 15.4. The molecule has 0 unspecified atom stereocenters. The fourth-order valence-corrected chi connectivity index (χ4v) is 1.65. The Balaban J connectivity index is 2.75. The third-order valence-corrected chi connectivity index (χ3v) is 3.32. The summed E-state index contributed by atoms with van der Waals surface area (Å²) in [6, 6.07) is 3.49. The number of pyridine rings is 1. The van der Waals surface area contributed by atoms with Crippen LogP contribution in [0.5, 0.6) is 0 Å². The monoisotopic (exact) mass is 265 g/mol. The Bertz CT molecular complexity index is 428. The summed E-state index contributed by atoms with van der Waals surface area (Å²) >= 11 is 0. The minimum absolute atomic E-state index is 0.134. The van der Waals surface area contributed by atoms with Crippen molar-refractivity contribution in [3.8, 4) is 0 Å². The smallest absolute Gasteiger partial charge is 0.272 e. The molecule has 1 rings (SSSR count). The van der Waals surface area contributed by atoms with Crippen molar-refractivity contribution in [2.45, 2.75) is 32.3 Å². The van der Waals surface area contributed by atoms with Gasteiger partial charge in [0.25, 0.3) is 5.91 Å². The number of amides is 1. The Morgan fingerprint density at radius 2 is 2.05 bits per heavy atom. The lowest BCUT2D eigenvalue weighted by atomic mass is 9.97. The quantitative estimate of drug-likeness (QED) is 0.822. The first-order chi connectivity index (χ1) is 8.91. The largest absolute Gasteiger partial charge is 0.388 e. The normalized spacial score (nSPS) is 11.2. The number of carbonyl (C=O) groups is 1. The number of aliphatic hydroxyl groups is 1. The second kappa shape index (κ2) is 6.52. The van der Waals surface area contributed by atoms with Gasteiger partial charge in [-0.05, 0) is 25.0 Å². The van der Waals surface area contributed by atoms with E-state index in [4.69, 9.17) is 0 Å². The molecule has 5 heteroatoms. The van der Waals surface area contributed by atoms with Crippen LogP contribution in [-0.2, 0) is 0 Å². The summed E-state index contributed by atoms with van der Waals surface area (Å²) in [5.74, 6) is -0.134. The van der Waals surface area contributed by atoms with Crippen molar-refractivity contribution in [2.75, 3.05) is 26.0 Å². The third kappa shape index (κ3) is 4.21. The summed E-state index contributed by atoms with van der Waals surface area (Å²) < 4.78 is 0. The van der Waals surface area contributed by atoms with Crippen LogP contribution in [0, 0.1) is 0 Å². The molecule has 0 aliphatic rings. The molecule has 0 saturated heterocycles. The van der Waals surface area contributed by atoms with Crippen molar-refractivity contribution in [1.29, 1.82) is 0 Å².